The van der Waals surface area contributed by atoms with Crippen molar-refractivity contribution in [2.75, 3.05) is 23.5 Å². The molecule has 15 heavy (non-hydrogen) atoms. The van der Waals surface area contributed by atoms with Gasteiger partial charge in [-0.25, -0.2) is 8.42 Å². The van der Waals surface area contributed by atoms with Gasteiger partial charge in [0.2, 0.25) is 0 Å². The second kappa shape index (κ2) is 5.42. The summed E-state index contributed by atoms with van der Waals surface area (Å²) >= 11 is 1.65. The molecule has 0 atom stereocenters. The molecule has 0 saturated carbocycles. The van der Waals surface area contributed by atoms with Gasteiger partial charge in [0.25, 0.3) is 0 Å². The molecule has 1 aromatic carbocycles. The summed E-state index contributed by atoms with van der Waals surface area (Å²) in [4.78, 5) is 1.12. The summed E-state index contributed by atoms with van der Waals surface area (Å²) in [5.41, 5.74) is 6.30. The van der Waals surface area contributed by atoms with Crippen molar-refractivity contribution >= 4 is 27.3 Å². The average molecular weight is 245 g/mol. The molecule has 0 aromatic heterocycles. The maximum atomic E-state index is 10.9. The van der Waals surface area contributed by atoms with Crippen LogP contribution in [0.3, 0.4) is 0 Å². The maximum Gasteiger partial charge on any atom is 0.147 e. The maximum absolute atomic E-state index is 10.9. The molecule has 0 spiro atoms. The van der Waals surface area contributed by atoms with E-state index in [4.69, 9.17) is 5.73 Å². The molecule has 0 saturated heterocycles. The third-order valence-corrected chi connectivity index (χ3v) is 3.94. The van der Waals surface area contributed by atoms with Crippen LogP contribution in [0.5, 0.6) is 0 Å². The molecule has 3 nitrogen and oxygen atoms in total. The summed E-state index contributed by atoms with van der Waals surface area (Å²) < 4.78 is 21.7. The van der Waals surface area contributed by atoms with Crippen molar-refractivity contribution in [3.05, 3.63) is 24.3 Å². The van der Waals surface area contributed by atoms with Crippen LogP contribution in [0.4, 0.5) is 5.69 Å². The second-order valence-corrected chi connectivity index (χ2v) is 6.83. The van der Waals surface area contributed by atoms with Crippen molar-refractivity contribution in [1.29, 1.82) is 0 Å². The molecule has 0 unspecified atom stereocenters. The molecular formula is C10H15NO2S2. The number of hydrogen-bond acceptors (Lipinski definition) is 4. The summed E-state index contributed by atoms with van der Waals surface area (Å²) in [7, 11) is -2.82. The zero-order valence-corrected chi connectivity index (χ0v) is 10.3. The first-order chi connectivity index (χ1) is 6.97. The SMILES string of the molecule is CS(=O)(=O)CCCSc1ccc(N)cc1. The van der Waals surface area contributed by atoms with Gasteiger partial charge in [-0.1, -0.05) is 0 Å². The Bertz CT molecular complexity index is 398. The van der Waals surface area contributed by atoms with Crippen molar-refractivity contribution in [3.8, 4) is 0 Å². The van der Waals surface area contributed by atoms with Crippen molar-refractivity contribution in [3.63, 3.8) is 0 Å². The van der Waals surface area contributed by atoms with Crippen LogP contribution in [-0.2, 0) is 9.84 Å². The first-order valence-electron chi connectivity index (χ1n) is 4.63. The largest absolute Gasteiger partial charge is 0.399 e. The lowest BCUT2D eigenvalue weighted by Gasteiger charge is -2.01. The molecule has 0 radical (unpaired) electrons. The predicted molar refractivity (Wildman–Crippen MR) is 65.9 cm³/mol. The quantitative estimate of drug-likeness (QED) is 0.488. The van der Waals surface area contributed by atoms with E-state index in [9.17, 15) is 8.42 Å². The molecule has 0 aliphatic carbocycles. The number of anilines is 1. The van der Waals surface area contributed by atoms with E-state index in [2.05, 4.69) is 0 Å². The second-order valence-electron chi connectivity index (χ2n) is 3.40. The minimum atomic E-state index is -2.82. The fourth-order valence-corrected chi connectivity index (χ4v) is 2.78. The normalized spacial score (nSPS) is 11.5. The van der Waals surface area contributed by atoms with Crippen LogP contribution in [0.25, 0.3) is 0 Å². The molecule has 84 valence electrons. The number of nitrogens with two attached hydrogens (primary N) is 1. The van der Waals surface area contributed by atoms with Crippen LogP contribution in [0.2, 0.25) is 0 Å². The van der Waals surface area contributed by atoms with E-state index < -0.39 is 9.84 Å². The molecule has 5 heteroatoms. The van der Waals surface area contributed by atoms with Crippen molar-refractivity contribution in [2.45, 2.75) is 11.3 Å². The van der Waals surface area contributed by atoms with Gasteiger partial charge in [0.05, 0.1) is 5.75 Å². The third kappa shape index (κ3) is 5.69. The number of rotatable bonds is 5. The molecule has 1 rings (SSSR count). The van der Waals surface area contributed by atoms with Gasteiger partial charge in [-0.2, -0.15) is 0 Å². The van der Waals surface area contributed by atoms with Crippen LogP contribution >= 0.6 is 11.8 Å². The number of sulfone groups is 1. The molecule has 0 bridgehead atoms. The summed E-state index contributed by atoms with van der Waals surface area (Å²) in [6, 6.07) is 7.58. The molecule has 0 heterocycles. The lowest BCUT2D eigenvalue weighted by molar-refractivity contribution is 0.600. The van der Waals surface area contributed by atoms with E-state index in [1.54, 1.807) is 11.8 Å². The zero-order chi connectivity index (χ0) is 11.3. The van der Waals surface area contributed by atoms with Gasteiger partial charge in [0.1, 0.15) is 9.84 Å². The molecular weight excluding hydrogens is 230 g/mol. The molecule has 0 aliphatic rings. The van der Waals surface area contributed by atoms with E-state index in [0.717, 1.165) is 16.3 Å². The van der Waals surface area contributed by atoms with Crippen LogP contribution in [0, 0.1) is 0 Å². The van der Waals surface area contributed by atoms with E-state index in [0.29, 0.717) is 6.42 Å². The smallest absolute Gasteiger partial charge is 0.147 e. The topological polar surface area (TPSA) is 60.2 Å². The first-order valence-corrected chi connectivity index (χ1v) is 7.68. The Kier molecular flexibility index (Phi) is 4.47. The summed E-state index contributed by atoms with van der Waals surface area (Å²) in [6.07, 6.45) is 1.95. The lowest BCUT2D eigenvalue weighted by atomic mass is 10.3. The highest BCUT2D eigenvalue weighted by atomic mass is 32.2. The van der Waals surface area contributed by atoms with Crippen molar-refractivity contribution < 1.29 is 8.42 Å². The zero-order valence-electron chi connectivity index (χ0n) is 8.64. The van der Waals surface area contributed by atoms with Crippen LogP contribution in [0.1, 0.15) is 6.42 Å². The van der Waals surface area contributed by atoms with E-state index in [-0.39, 0.29) is 5.75 Å². The minimum absolute atomic E-state index is 0.259. The molecule has 0 fully saturated rings. The highest BCUT2D eigenvalue weighted by Gasteiger charge is 2.01. The lowest BCUT2D eigenvalue weighted by Crippen LogP contribution is -2.03. The Hall–Kier alpha value is -0.680. The summed E-state index contributed by atoms with van der Waals surface area (Å²) in [5, 5.41) is 0. The van der Waals surface area contributed by atoms with Gasteiger partial charge in [0.15, 0.2) is 0 Å². The molecule has 1 aromatic rings. The standard InChI is InChI=1S/C10H15NO2S2/c1-15(12,13)8-2-7-14-10-5-3-9(11)4-6-10/h3-6H,2,7-8,11H2,1H3. The number of thioether (sulfide) groups is 1. The first kappa shape index (κ1) is 12.4. The van der Waals surface area contributed by atoms with E-state index in [1.807, 2.05) is 24.3 Å². The molecule has 0 amide bonds. The van der Waals surface area contributed by atoms with Crippen LogP contribution in [-0.4, -0.2) is 26.2 Å². The Morgan fingerprint density at radius 2 is 1.87 bits per heavy atom. The Morgan fingerprint density at radius 3 is 2.40 bits per heavy atom. The summed E-state index contributed by atoms with van der Waals surface area (Å²) in [6.45, 7) is 0. The predicted octanol–water partition coefficient (Wildman–Crippen LogP) is 1.80. The monoisotopic (exact) mass is 245 g/mol. The van der Waals surface area contributed by atoms with Gasteiger partial charge >= 0.3 is 0 Å². The number of nitrogen functional groups attached to an aromatic ring is 1. The van der Waals surface area contributed by atoms with Gasteiger partial charge in [0, 0.05) is 16.8 Å². The molecule has 0 aliphatic heterocycles. The molecule has 2 N–H and O–H groups in total. The van der Waals surface area contributed by atoms with Crippen LogP contribution in [0.15, 0.2) is 29.2 Å². The highest BCUT2D eigenvalue weighted by Crippen LogP contribution is 2.19. The van der Waals surface area contributed by atoms with Crippen LogP contribution < -0.4 is 5.73 Å². The third-order valence-electron chi connectivity index (χ3n) is 1.81. The van der Waals surface area contributed by atoms with Crippen molar-refractivity contribution in [2.24, 2.45) is 0 Å². The van der Waals surface area contributed by atoms with E-state index >= 15 is 0 Å². The van der Waals surface area contributed by atoms with Crippen molar-refractivity contribution in [1.82, 2.24) is 0 Å². The minimum Gasteiger partial charge on any atom is -0.399 e. The Labute approximate surface area is 95.0 Å². The van der Waals surface area contributed by atoms with Gasteiger partial charge < -0.3 is 5.73 Å². The highest BCUT2D eigenvalue weighted by molar-refractivity contribution is 7.99. The van der Waals surface area contributed by atoms with E-state index in [1.165, 1.54) is 6.26 Å². The average Bonchev–Trinajstić information content (AvgIpc) is 2.14. The fourth-order valence-electron chi connectivity index (χ4n) is 1.08. The fraction of sp³-hybridized carbons (Fsp3) is 0.400. The number of hydrogen-bond donors (Lipinski definition) is 1. The van der Waals surface area contributed by atoms with Gasteiger partial charge in [-0.05, 0) is 36.4 Å². The van der Waals surface area contributed by atoms with Gasteiger partial charge in [-0.15, -0.1) is 11.8 Å². The Balaban J connectivity index is 2.29. The summed E-state index contributed by atoms with van der Waals surface area (Å²) in [5.74, 6) is 1.08. The van der Waals surface area contributed by atoms with Gasteiger partial charge in [-0.3, -0.25) is 0 Å². The number of benzene rings is 1. The Morgan fingerprint density at radius 1 is 1.27 bits per heavy atom.